The maximum Gasteiger partial charge on any atom is 0.294 e. The molecule has 168 valence electrons. The van der Waals surface area contributed by atoms with Crippen molar-refractivity contribution in [3.63, 3.8) is 0 Å². The molecule has 6 heteroatoms. The second-order valence-corrected chi connectivity index (χ2v) is 9.11. The highest BCUT2D eigenvalue weighted by molar-refractivity contribution is 5.71. The first-order chi connectivity index (χ1) is 16.1. The number of rotatable bonds is 5. The molecular weight excluding hydrogens is 414 g/mol. The molecule has 6 rings (SSSR count). The normalized spacial score (nSPS) is 17.7. The number of aryl methyl sites for hydroxylation is 1. The SMILES string of the molecule is Cc1ccc(N)cc1C1(OC=O)c2ccc(N3CCC3)cc2Oc2cc(N3CCC3)ccc21. The number of nitrogen functional groups attached to an aromatic ring is 1. The lowest BCUT2D eigenvalue weighted by atomic mass is 9.75. The van der Waals surface area contributed by atoms with Gasteiger partial charge in [0.2, 0.25) is 0 Å². The van der Waals surface area contributed by atoms with E-state index in [1.165, 1.54) is 12.8 Å². The van der Waals surface area contributed by atoms with Crippen LogP contribution in [0.3, 0.4) is 0 Å². The van der Waals surface area contributed by atoms with Gasteiger partial charge >= 0.3 is 0 Å². The van der Waals surface area contributed by atoms with Crippen LogP contribution in [0, 0.1) is 6.92 Å². The van der Waals surface area contributed by atoms with Gasteiger partial charge in [-0.25, -0.2) is 0 Å². The van der Waals surface area contributed by atoms with Gasteiger partial charge in [-0.2, -0.15) is 0 Å². The minimum atomic E-state index is -1.15. The summed E-state index contributed by atoms with van der Waals surface area (Å²) < 4.78 is 12.6. The zero-order valence-electron chi connectivity index (χ0n) is 18.7. The lowest BCUT2D eigenvalue weighted by molar-refractivity contribution is -0.137. The van der Waals surface area contributed by atoms with Gasteiger partial charge in [-0.05, 0) is 61.7 Å². The van der Waals surface area contributed by atoms with Crippen LogP contribution in [0.4, 0.5) is 17.1 Å². The van der Waals surface area contributed by atoms with E-state index in [0.29, 0.717) is 23.7 Å². The molecule has 3 heterocycles. The van der Waals surface area contributed by atoms with Crippen molar-refractivity contribution in [1.29, 1.82) is 0 Å². The zero-order chi connectivity index (χ0) is 22.6. The van der Waals surface area contributed by atoms with Gasteiger partial charge in [0.05, 0.1) is 0 Å². The number of hydrogen-bond acceptors (Lipinski definition) is 6. The first-order valence-corrected chi connectivity index (χ1v) is 11.5. The molecule has 3 aliphatic heterocycles. The Balaban J connectivity index is 1.61. The Bertz CT molecular complexity index is 1180. The Hall–Kier alpha value is -3.67. The summed E-state index contributed by atoms with van der Waals surface area (Å²) in [4.78, 5) is 16.7. The first kappa shape index (κ1) is 20.0. The quantitative estimate of drug-likeness (QED) is 0.462. The molecule has 6 nitrogen and oxygen atoms in total. The van der Waals surface area contributed by atoms with E-state index < -0.39 is 5.60 Å². The molecule has 0 atom stereocenters. The Morgan fingerprint density at radius 3 is 1.91 bits per heavy atom. The Kier molecular flexibility index (Phi) is 4.50. The van der Waals surface area contributed by atoms with Gasteiger partial charge in [-0.3, -0.25) is 4.79 Å². The highest BCUT2D eigenvalue weighted by Gasteiger charge is 2.47. The van der Waals surface area contributed by atoms with E-state index in [4.69, 9.17) is 15.2 Å². The molecule has 0 amide bonds. The van der Waals surface area contributed by atoms with E-state index in [1.54, 1.807) is 0 Å². The van der Waals surface area contributed by atoms with Crippen molar-refractivity contribution in [1.82, 2.24) is 0 Å². The van der Waals surface area contributed by atoms with Gasteiger partial charge in [0.25, 0.3) is 6.47 Å². The number of benzene rings is 3. The zero-order valence-corrected chi connectivity index (χ0v) is 18.7. The van der Waals surface area contributed by atoms with E-state index in [2.05, 4.69) is 34.1 Å². The van der Waals surface area contributed by atoms with Gasteiger partial charge in [-0.15, -0.1) is 0 Å². The predicted molar refractivity (Wildman–Crippen MR) is 129 cm³/mol. The molecule has 0 spiro atoms. The summed E-state index contributed by atoms with van der Waals surface area (Å²) in [5.41, 5.74) is 11.4. The van der Waals surface area contributed by atoms with Gasteiger partial charge in [0, 0.05) is 72.1 Å². The fourth-order valence-electron chi connectivity index (χ4n) is 5.15. The lowest BCUT2D eigenvalue weighted by Gasteiger charge is -2.41. The number of nitrogens with zero attached hydrogens (tertiary/aromatic N) is 2. The molecule has 2 N–H and O–H groups in total. The number of ether oxygens (including phenoxy) is 2. The summed E-state index contributed by atoms with van der Waals surface area (Å²) in [7, 11) is 0. The fraction of sp³-hybridized carbons (Fsp3) is 0.296. The summed E-state index contributed by atoms with van der Waals surface area (Å²) in [6, 6.07) is 18.1. The molecule has 0 radical (unpaired) electrons. The first-order valence-electron chi connectivity index (χ1n) is 11.5. The molecule has 2 fully saturated rings. The highest BCUT2D eigenvalue weighted by atomic mass is 16.5. The standard InChI is InChI=1S/C27H27N3O3/c1-18-4-5-19(28)14-24(18)27(32-17-31)22-8-6-20(29-10-2-11-29)15-25(22)33-26-16-21(7-9-23(26)27)30-12-3-13-30/h4-9,14-17H,2-3,10-13,28H2,1H3. The van der Waals surface area contributed by atoms with Crippen LogP contribution >= 0.6 is 0 Å². The smallest absolute Gasteiger partial charge is 0.294 e. The van der Waals surface area contributed by atoms with Gasteiger partial charge in [-0.1, -0.05) is 6.07 Å². The van der Waals surface area contributed by atoms with E-state index in [1.807, 2.05) is 37.3 Å². The summed E-state index contributed by atoms with van der Waals surface area (Å²) in [5.74, 6) is 1.41. The number of fused-ring (bicyclic) bond motifs is 2. The Morgan fingerprint density at radius 2 is 1.42 bits per heavy atom. The Labute approximate surface area is 193 Å². The third-order valence-electron chi connectivity index (χ3n) is 7.22. The Morgan fingerprint density at radius 1 is 0.848 bits per heavy atom. The van der Waals surface area contributed by atoms with E-state index in [-0.39, 0.29) is 0 Å². The molecule has 3 aliphatic rings. The summed E-state index contributed by atoms with van der Waals surface area (Å²) in [6.07, 6.45) is 2.39. The average Bonchev–Trinajstić information content (AvgIpc) is 2.72. The van der Waals surface area contributed by atoms with Crippen LogP contribution in [-0.4, -0.2) is 32.7 Å². The van der Waals surface area contributed by atoms with Crippen LogP contribution in [0.2, 0.25) is 0 Å². The van der Waals surface area contributed by atoms with Crippen molar-refractivity contribution in [2.45, 2.75) is 25.4 Å². The molecule has 0 saturated carbocycles. The molecule has 3 aromatic rings. The minimum Gasteiger partial charge on any atom is -0.456 e. The maximum atomic E-state index is 12.0. The van der Waals surface area contributed by atoms with Crippen LogP contribution in [0.5, 0.6) is 11.5 Å². The summed E-state index contributed by atoms with van der Waals surface area (Å²) >= 11 is 0. The number of hydrogen-bond donors (Lipinski definition) is 1. The van der Waals surface area contributed by atoms with Crippen molar-refractivity contribution in [3.8, 4) is 11.5 Å². The van der Waals surface area contributed by atoms with E-state index >= 15 is 0 Å². The summed E-state index contributed by atoms with van der Waals surface area (Å²) in [5, 5.41) is 0. The molecular formula is C27H27N3O3. The second-order valence-electron chi connectivity index (χ2n) is 9.11. The van der Waals surface area contributed by atoms with E-state index in [9.17, 15) is 4.79 Å². The molecule has 0 aliphatic carbocycles. The number of nitrogens with two attached hydrogens (primary N) is 1. The van der Waals surface area contributed by atoms with Gasteiger partial charge in [0.1, 0.15) is 11.5 Å². The molecule has 2 saturated heterocycles. The average molecular weight is 442 g/mol. The number of anilines is 3. The van der Waals surface area contributed by atoms with Gasteiger partial charge < -0.3 is 25.0 Å². The van der Waals surface area contributed by atoms with Crippen molar-refractivity contribution in [2.24, 2.45) is 0 Å². The third-order valence-corrected chi connectivity index (χ3v) is 7.22. The fourth-order valence-corrected chi connectivity index (χ4v) is 5.15. The van der Waals surface area contributed by atoms with Crippen molar-refractivity contribution in [3.05, 3.63) is 76.9 Å². The van der Waals surface area contributed by atoms with Crippen LogP contribution in [0.25, 0.3) is 0 Å². The second kappa shape index (κ2) is 7.44. The predicted octanol–water partition coefficient (Wildman–Crippen LogP) is 4.57. The van der Waals surface area contributed by atoms with Crippen molar-refractivity contribution in [2.75, 3.05) is 41.7 Å². The monoisotopic (exact) mass is 441 g/mol. The number of carbonyl (C=O) groups excluding carboxylic acids is 1. The largest absolute Gasteiger partial charge is 0.456 e. The van der Waals surface area contributed by atoms with Crippen LogP contribution < -0.4 is 20.3 Å². The molecule has 0 bridgehead atoms. The third kappa shape index (κ3) is 2.97. The van der Waals surface area contributed by atoms with Crippen LogP contribution in [0.15, 0.2) is 54.6 Å². The minimum absolute atomic E-state index is 0.536. The lowest BCUT2D eigenvalue weighted by Crippen LogP contribution is -2.39. The molecule has 0 unspecified atom stereocenters. The molecule has 33 heavy (non-hydrogen) atoms. The molecule has 0 aromatic heterocycles. The number of carbonyl (C=O) groups is 1. The topological polar surface area (TPSA) is 68.0 Å². The van der Waals surface area contributed by atoms with Gasteiger partial charge in [0.15, 0.2) is 5.60 Å². The maximum absolute atomic E-state index is 12.0. The van der Waals surface area contributed by atoms with Crippen molar-refractivity contribution >= 4 is 23.5 Å². The summed E-state index contributed by atoms with van der Waals surface area (Å²) in [6.45, 7) is 6.71. The van der Waals surface area contributed by atoms with Crippen LogP contribution in [0.1, 0.15) is 35.1 Å². The molecule has 3 aromatic carbocycles. The van der Waals surface area contributed by atoms with E-state index in [0.717, 1.165) is 59.8 Å². The van der Waals surface area contributed by atoms with Crippen molar-refractivity contribution < 1.29 is 14.3 Å². The van der Waals surface area contributed by atoms with Crippen LogP contribution in [-0.2, 0) is 15.1 Å². The highest BCUT2D eigenvalue weighted by Crippen LogP contribution is 2.54.